The molecule has 1 aromatic rings. The molecule has 0 radical (unpaired) electrons. The number of carbonyl (C=O) groups excluding carboxylic acids is 1. The van der Waals surface area contributed by atoms with Gasteiger partial charge in [-0.2, -0.15) is 4.39 Å². The van der Waals surface area contributed by atoms with Crippen molar-refractivity contribution in [2.45, 2.75) is 18.4 Å². The van der Waals surface area contributed by atoms with E-state index >= 15 is 0 Å². The first kappa shape index (κ1) is 13.3. The number of nitro benzene ring substituents is 1. The topological polar surface area (TPSA) is 92.5 Å². The van der Waals surface area contributed by atoms with E-state index in [9.17, 15) is 23.7 Å². The first-order valence-corrected chi connectivity index (χ1v) is 5.45. The van der Waals surface area contributed by atoms with Crippen LogP contribution in [0.5, 0.6) is 0 Å². The van der Waals surface area contributed by atoms with Crippen LogP contribution in [0.25, 0.3) is 0 Å². The molecule has 0 aliphatic heterocycles. The molecule has 1 aliphatic carbocycles. The van der Waals surface area contributed by atoms with E-state index in [-0.39, 0.29) is 6.61 Å². The van der Waals surface area contributed by atoms with Crippen molar-refractivity contribution >= 4 is 11.6 Å². The van der Waals surface area contributed by atoms with Gasteiger partial charge in [-0.3, -0.25) is 14.9 Å². The van der Waals surface area contributed by atoms with Crippen molar-refractivity contribution in [2.24, 2.45) is 0 Å². The maximum absolute atomic E-state index is 13.7. The van der Waals surface area contributed by atoms with Crippen molar-refractivity contribution in [2.75, 3.05) is 6.61 Å². The molecule has 8 heteroatoms. The van der Waals surface area contributed by atoms with Gasteiger partial charge in [0, 0.05) is 0 Å². The molecule has 2 rings (SSSR count). The lowest BCUT2D eigenvalue weighted by molar-refractivity contribution is -0.387. The summed E-state index contributed by atoms with van der Waals surface area (Å²) in [5.74, 6) is -3.45. The summed E-state index contributed by atoms with van der Waals surface area (Å²) in [6, 6.07) is 0.996. The Bertz CT molecular complexity index is 558. The monoisotopic (exact) mass is 272 g/mol. The second-order valence-electron chi connectivity index (χ2n) is 4.44. The molecule has 1 saturated carbocycles. The first-order chi connectivity index (χ1) is 8.88. The highest BCUT2D eigenvalue weighted by Gasteiger charge is 2.44. The molecule has 102 valence electrons. The minimum Gasteiger partial charge on any atom is -0.394 e. The van der Waals surface area contributed by atoms with Crippen LogP contribution in [-0.2, 0) is 0 Å². The molecular formula is C11H10F2N2O4. The van der Waals surface area contributed by atoms with E-state index in [0.717, 1.165) is 0 Å². The number of nitrogens with one attached hydrogen (secondary N) is 1. The third kappa shape index (κ3) is 2.53. The van der Waals surface area contributed by atoms with E-state index in [4.69, 9.17) is 5.11 Å². The van der Waals surface area contributed by atoms with Crippen molar-refractivity contribution < 1.29 is 23.6 Å². The third-order valence-corrected chi connectivity index (χ3v) is 2.99. The van der Waals surface area contributed by atoms with Crippen molar-refractivity contribution in [1.82, 2.24) is 5.32 Å². The Kier molecular flexibility index (Phi) is 3.19. The van der Waals surface area contributed by atoms with Crippen LogP contribution in [0, 0.1) is 21.7 Å². The summed E-state index contributed by atoms with van der Waals surface area (Å²) in [5.41, 5.74) is -2.66. The zero-order valence-electron chi connectivity index (χ0n) is 9.65. The third-order valence-electron chi connectivity index (χ3n) is 2.99. The molecule has 0 spiro atoms. The van der Waals surface area contributed by atoms with Gasteiger partial charge >= 0.3 is 5.69 Å². The van der Waals surface area contributed by atoms with Crippen LogP contribution in [-0.4, -0.2) is 28.1 Å². The number of hydrogen-bond donors (Lipinski definition) is 2. The fourth-order valence-electron chi connectivity index (χ4n) is 1.65. The predicted octanol–water partition coefficient (Wildman–Crippen LogP) is 1.13. The lowest BCUT2D eigenvalue weighted by atomic mass is 10.1. The second kappa shape index (κ2) is 4.54. The lowest BCUT2D eigenvalue weighted by Gasteiger charge is -2.14. The Morgan fingerprint density at radius 3 is 2.58 bits per heavy atom. The van der Waals surface area contributed by atoms with Gasteiger partial charge in [0.05, 0.1) is 28.7 Å². The van der Waals surface area contributed by atoms with Crippen LogP contribution in [0.2, 0.25) is 0 Å². The summed E-state index contributed by atoms with van der Waals surface area (Å²) in [6.07, 6.45) is 1.04. The Morgan fingerprint density at radius 1 is 1.47 bits per heavy atom. The van der Waals surface area contributed by atoms with E-state index in [2.05, 4.69) is 5.32 Å². The average Bonchev–Trinajstić information content (AvgIpc) is 3.11. The van der Waals surface area contributed by atoms with Gasteiger partial charge in [0.15, 0.2) is 0 Å². The van der Waals surface area contributed by atoms with Crippen LogP contribution in [0.3, 0.4) is 0 Å². The number of nitrogens with zero attached hydrogens (tertiary/aromatic N) is 1. The van der Waals surface area contributed by atoms with Crippen molar-refractivity contribution in [3.8, 4) is 0 Å². The molecule has 6 nitrogen and oxygen atoms in total. The minimum atomic E-state index is -1.39. The molecule has 0 saturated heterocycles. The van der Waals surface area contributed by atoms with E-state index < -0.39 is 39.3 Å². The van der Waals surface area contributed by atoms with Crippen LogP contribution < -0.4 is 5.32 Å². The van der Waals surface area contributed by atoms with Gasteiger partial charge in [-0.05, 0) is 18.9 Å². The fourth-order valence-corrected chi connectivity index (χ4v) is 1.65. The standard InChI is InChI=1S/C11H10F2N2O4/c12-6-3-7(9(13)8(4-6)15(18)19)10(17)14-11(5-16)1-2-11/h3-4,16H,1-2,5H2,(H,14,17). The van der Waals surface area contributed by atoms with Gasteiger partial charge in [0.1, 0.15) is 5.82 Å². The number of rotatable bonds is 4. The largest absolute Gasteiger partial charge is 0.394 e. The number of aliphatic hydroxyl groups excluding tert-OH is 1. The summed E-state index contributed by atoms with van der Waals surface area (Å²) in [7, 11) is 0. The van der Waals surface area contributed by atoms with E-state index in [1.54, 1.807) is 0 Å². The number of hydrogen-bond acceptors (Lipinski definition) is 4. The normalized spacial score (nSPS) is 15.9. The van der Waals surface area contributed by atoms with Gasteiger partial charge in [-0.25, -0.2) is 4.39 Å². The highest BCUT2D eigenvalue weighted by molar-refractivity contribution is 5.96. The predicted molar refractivity (Wildman–Crippen MR) is 59.5 cm³/mol. The zero-order chi connectivity index (χ0) is 14.2. The minimum absolute atomic E-state index is 0.322. The van der Waals surface area contributed by atoms with Crippen LogP contribution >= 0.6 is 0 Å². The Labute approximate surface area is 106 Å². The smallest absolute Gasteiger partial charge is 0.308 e. The molecule has 1 aliphatic rings. The van der Waals surface area contributed by atoms with Gasteiger partial charge in [-0.15, -0.1) is 0 Å². The number of amides is 1. The summed E-state index contributed by atoms with van der Waals surface area (Å²) in [5, 5.41) is 21.9. The summed E-state index contributed by atoms with van der Waals surface area (Å²) in [6.45, 7) is -0.322. The molecule has 1 amide bonds. The highest BCUT2D eigenvalue weighted by atomic mass is 19.1. The van der Waals surface area contributed by atoms with Gasteiger partial charge in [0.2, 0.25) is 5.82 Å². The molecule has 0 unspecified atom stereocenters. The highest BCUT2D eigenvalue weighted by Crippen LogP contribution is 2.35. The van der Waals surface area contributed by atoms with Crippen molar-refractivity contribution in [3.05, 3.63) is 39.4 Å². The average molecular weight is 272 g/mol. The number of halogens is 2. The summed E-state index contributed by atoms with van der Waals surface area (Å²) < 4.78 is 26.9. The number of nitro groups is 1. The van der Waals surface area contributed by atoms with E-state index in [1.165, 1.54) is 0 Å². The Morgan fingerprint density at radius 2 is 2.11 bits per heavy atom. The molecule has 0 bridgehead atoms. The molecule has 1 aromatic carbocycles. The number of benzene rings is 1. The van der Waals surface area contributed by atoms with Gasteiger partial charge in [-0.1, -0.05) is 0 Å². The number of aliphatic hydroxyl groups is 1. The molecule has 0 aromatic heterocycles. The maximum atomic E-state index is 13.7. The molecule has 0 atom stereocenters. The van der Waals surface area contributed by atoms with Gasteiger partial charge < -0.3 is 10.4 Å². The maximum Gasteiger partial charge on any atom is 0.308 e. The molecule has 1 fully saturated rings. The number of carbonyl (C=O) groups is 1. The summed E-state index contributed by atoms with van der Waals surface area (Å²) in [4.78, 5) is 21.2. The van der Waals surface area contributed by atoms with Crippen molar-refractivity contribution in [3.63, 3.8) is 0 Å². The fraction of sp³-hybridized carbons (Fsp3) is 0.364. The quantitative estimate of drug-likeness (QED) is 0.634. The summed E-state index contributed by atoms with van der Waals surface area (Å²) >= 11 is 0. The molecule has 19 heavy (non-hydrogen) atoms. The molecular weight excluding hydrogens is 262 g/mol. The van der Waals surface area contributed by atoms with Crippen LogP contribution in [0.4, 0.5) is 14.5 Å². The van der Waals surface area contributed by atoms with Crippen molar-refractivity contribution in [1.29, 1.82) is 0 Å². The van der Waals surface area contributed by atoms with Gasteiger partial charge in [0.25, 0.3) is 5.91 Å². The lowest BCUT2D eigenvalue weighted by Crippen LogP contribution is -2.40. The SMILES string of the molecule is O=C(NC1(CO)CC1)c1cc(F)cc([N+](=O)[O-])c1F. The van der Waals surface area contributed by atoms with E-state index in [1.807, 2.05) is 0 Å². The van der Waals surface area contributed by atoms with Crippen LogP contribution in [0.15, 0.2) is 12.1 Å². The molecule has 2 N–H and O–H groups in total. The van der Waals surface area contributed by atoms with E-state index in [0.29, 0.717) is 25.0 Å². The van der Waals surface area contributed by atoms with Crippen LogP contribution in [0.1, 0.15) is 23.2 Å². The second-order valence-corrected chi connectivity index (χ2v) is 4.44. The first-order valence-electron chi connectivity index (χ1n) is 5.45. The zero-order valence-corrected chi connectivity index (χ0v) is 9.65. The Hall–Kier alpha value is -2.09. The Balaban J connectivity index is 2.34. The molecule has 0 heterocycles.